The second-order valence-corrected chi connectivity index (χ2v) is 9.10. The van der Waals surface area contributed by atoms with Gasteiger partial charge >= 0.3 is 0 Å². The Labute approximate surface area is 190 Å². The number of aromatic nitrogens is 2. The van der Waals surface area contributed by atoms with Crippen LogP contribution >= 0.6 is 0 Å². The third-order valence-corrected chi connectivity index (χ3v) is 7.11. The Balaban J connectivity index is 1.16. The number of hydrogen-bond acceptors (Lipinski definition) is 5. The van der Waals surface area contributed by atoms with E-state index in [9.17, 15) is 14.0 Å². The zero-order chi connectivity index (χ0) is 22.7. The van der Waals surface area contributed by atoms with Crippen LogP contribution < -0.4 is 15.5 Å². The van der Waals surface area contributed by atoms with E-state index < -0.39 is 11.9 Å². The summed E-state index contributed by atoms with van der Waals surface area (Å²) in [5.41, 5.74) is 3.28. The Hall–Kier alpha value is -3.46. The highest BCUT2D eigenvalue weighted by molar-refractivity contribution is 6.09. The van der Waals surface area contributed by atoms with E-state index in [2.05, 4.69) is 43.3 Å². The van der Waals surface area contributed by atoms with Crippen molar-refractivity contribution in [2.24, 2.45) is 0 Å². The number of benzene rings is 1. The van der Waals surface area contributed by atoms with Gasteiger partial charge in [0, 0.05) is 51.4 Å². The molecule has 170 valence electrons. The quantitative estimate of drug-likeness (QED) is 0.599. The highest BCUT2D eigenvalue weighted by Crippen LogP contribution is 2.50. The number of carbonyl (C=O) groups is 2. The topological polar surface area (TPSA) is 82.5 Å². The van der Waals surface area contributed by atoms with Crippen molar-refractivity contribution in [1.29, 1.82) is 0 Å². The molecule has 2 fully saturated rings. The molecule has 1 saturated heterocycles. The molecule has 4 heterocycles. The lowest BCUT2D eigenvalue weighted by molar-refractivity contribution is -0.120. The number of hydrogen-bond donors (Lipinski definition) is 2. The molecule has 33 heavy (non-hydrogen) atoms. The summed E-state index contributed by atoms with van der Waals surface area (Å²) in [4.78, 5) is 32.4. The van der Waals surface area contributed by atoms with Crippen molar-refractivity contribution in [1.82, 2.24) is 19.8 Å². The van der Waals surface area contributed by atoms with E-state index in [1.54, 1.807) is 12.1 Å². The van der Waals surface area contributed by atoms with E-state index in [4.69, 9.17) is 0 Å². The average molecular weight is 449 g/mol. The minimum absolute atomic E-state index is 0.0743. The standard InChI is InChI=1S/C24H25FN6O2/c1-26-22(32)17-2-3-19(21(25)27-17)30-10-8-29(9-11-30)14-15-12-16-4-7-31-20(16)18(13-15)28-23(33)24(31)5-6-24/h2-4,7,12-13H,5-6,8-11,14H2,1H3,(H,26,32)(H,28,33). The molecule has 8 nitrogen and oxygen atoms in total. The van der Waals surface area contributed by atoms with Gasteiger partial charge in [-0.2, -0.15) is 4.39 Å². The molecule has 0 bridgehead atoms. The van der Waals surface area contributed by atoms with Crippen LogP contribution in [0, 0.1) is 5.95 Å². The van der Waals surface area contributed by atoms with E-state index in [1.165, 1.54) is 7.05 Å². The lowest BCUT2D eigenvalue weighted by atomic mass is 10.1. The molecular formula is C24H25FN6O2. The van der Waals surface area contributed by atoms with E-state index in [0.29, 0.717) is 18.8 Å². The van der Waals surface area contributed by atoms with E-state index in [-0.39, 0.29) is 17.1 Å². The van der Waals surface area contributed by atoms with Gasteiger partial charge in [0.1, 0.15) is 11.2 Å². The summed E-state index contributed by atoms with van der Waals surface area (Å²) in [7, 11) is 1.49. The summed E-state index contributed by atoms with van der Waals surface area (Å²) in [6.07, 6.45) is 3.85. The lowest BCUT2D eigenvalue weighted by Gasteiger charge is -2.36. The van der Waals surface area contributed by atoms with Crippen LogP contribution in [0.4, 0.5) is 15.8 Å². The van der Waals surface area contributed by atoms with Crippen LogP contribution in [0.25, 0.3) is 10.9 Å². The highest BCUT2D eigenvalue weighted by atomic mass is 19.1. The Kier molecular flexibility index (Phi) is 4.45. The maximum Gasteiger partial charge on any atom is 0.269 e. The molecule has 1 aromatic carbocycles. The van der Waals surface area contributed by atoms with Gasteiger partial charge in [0.05, 0.1) is 16.9 Å². The van der Waals surface area contributed by atoms with Crippen LogP contribution in [0.1, 0.15) is 28.9 Å². The van der Waals surface area contributed by atoms with Crippen LogP contribution in [-0.4, -0.2) is 59.5 Å². The van der Waals surface area contributed by atoms with Gasteiger partial charge in [-0.15, -0.1) is 0 Å². The van der Waals surface area contributed by atoms with Crippen molar-refractivity contribution in [3.05, 3.63) is 53.7 Å². The fourth-order valence-electron chi connectivity index (χ4n) is 5.14. The Bertz CT molecular complexity index is 1290. The fraction of sp³-hybridized carbons (Fsp3) is 0.375. The molecule has 2 amide bonds. The number of rotatable bonds is 4. The smallest absolute Gasteiger partial charge is 0.269 e. The Morgan fingerprint density at radius 1 is 1.18 bits per heavy atom. The molecule has 2 aromatic heterocycles. The van der Waals surface area contributed by atoms with Crippen LogP contribution in [0.5, 0.6) is 0 Å². The highest BCUT2D eigenvalue weighted by Gasteiger charge is 2.54. The molecule has 9 heteroatoms. The number of pyridine rings is 1. The molecule has 0 atom stereocenters. The fourth-order valence-corrected chi connectivity index (χ4v) is 5.14. The molecule has 1 spiro atoms. The normalized spacial score (nSPS) is 19.1. The first kappa shape index (κ1) is 20.2. The van der Waals surface area contributed by atoms with Crippen molar-refractivity contribution in [3.63, 3.8) is 0 Å². The zero-order valence-electron chi connectivity index (χ0n) is 18.4. The number of amides is 2. The number of piperazine rings is 1. The van der Waals surface area contributed by atoms with Crippen LogP contribution in [-0.2, 0) is 16.9 Å². The third-order valence-electron chi connectivity index (χ3n) is 7.11. The molecule has 2 N–H and O–H groups in total. The predicted molar refractivity (Wildman–Crippen MR) is 123 cm³/mol. The maximum atomic E-state index is 14.5. The molecule has 2 aliphatic heterocycles. The van der Waals surface area contributed by atoms with Gasteiger partial charge in [0.2, 0.25) is 5.95 Å². The summed E-state index contributed by atoms with van der Waals surface area (Å²) >= 11 is 0. The van der Waals surface area contributed by atoms with E-state index >= 15 is 0 Å². The van der Waals surface area contributed by atoms with Gasteiger partial charge in [-0.1, -0.05) is 0 Å². The molecule has 1 aliphatic carbocycles. The minimum Gasteiger partial charge on any atom is -0.365 e. The monoisotopic (exact) mass is 448 g/mol. The number of halogens is 1. The van der Waals surface area contributed by atoms with Gasteiger partial charge in [0.25, 0.3) is 11.8 Å². The summed E-state index contributed by atoms with van der Waals surface area (Å²) in [6.45, 7) is 3.66. The second-order valence-electron chi connectivity index (χ2n) is 9.10. The molecular weight excluding hydrogens is 423 g/mol. The first-order chi connectivity index (χ1) is 16.0. The number of nitrogens with zero attached hydrogens (tertiary/aromatic N) is 4. The largest absolute Gasteiger partial charge is 0.365 e. The molecule has 1 saturated carbocycles. The molecule has 0 unspecified atom stereocenters. The predicted octanol–water partition coefficient (Wildman–Crippen LogP) is 2.30. The minimum atomic E-state index is -0.622. The van der Waals surface area contributed by atoms with E-state index in [0.717, 1.165) is 54.6 Å². The van der Waals surface area contributed by atoms with Crippen molar-refractivity contribution >= 4 is 34.1 Å². The SMILES string of the molecule is CNC(=O)c1ccc(N2CCN(Cc3cc4c5c(ccn5C5(CC5)C(=O)N4)c3)CC2)c(F)n1. The summed E-state index contributed by atoms with van der Waals surface area (Å²) in [5.74, 6) is -0.931. The third kappa shape index (κ3) is 3.18. The number of carbonyl (C=O) groups excluding carboxylic acids is 2. The average Bonchev–Trinajstić information content (AvgIpc) is 3.50. The molecule has 3 aromatic rings. The molecule has 6 rings (SSSR count). The number of nitrogens with one attached hydrogen (secondary N) is 2. The van der Waals surface area contributed by atoms with Crippen molar-refractivity contribution in [3.8, 4) is 0 Å². The van der Waals surface area contributed by atoms with Gasteiger partial charge in [-0.3, -0.25) is 14.5 Å². The summed E-state index contributed by atoms with van der Waals surface area (Å²) in [5, 5.41) is 6.74. The van der Waals surface area contributed by atoms with Crippen molar-refractivity contribution in [2.75, 3.05) is 43.4 Å². The molecule has 0 radical (unpaired) electrons. The van der Waals surface area contributed by atoms with Gasteiger partial charge in [-0.25, -0.2) is 4.98 Å². The maximum absolute atomic E-state index is 14.5. The first-order valence-corrected chi connectivity index (χ1v) is 11.3. The van der Waals surface area contributed by atoms with Crippen LogP contribution in [0.15, 0.2) is 36.5 Å². The van der Waals surface area contributed by atoms with Crippen molar-refractivity contribution < 1.29 is 14.0 Å². The first-order valence-electron chi connectivity index (χ1n) is 11.3. The zero-order valence-corrected chi connectivity index (χ0v) is 18.4. The van der Waals surface area contributed by atoms with Gasteiger partial charge < -0.3 is 20.1 Å². The van der Waals surface area contributed by atoms with Gasteiger partial charge in [-0.05, 0) is 48.7 Å². The Morgan fingerprint density at radius 3 is 2.67 bits per heavy atom. The van der Waals surface area contributed by atoms with E-state index in [1.807, 2.05) is 11.1 Å². The number of anilines is 2. The molecule has 3 aliphatic rings. The number of fused-ring (bicyclic) bond motifs is 1. The van der Waals surface area contributed by atoms with Crippen molar-refractivity contribution in [2.45, 2.75) is 24.9 Å². The summed E-state index contributed by atoms with van der Waals surface area (Å²) in [6, 6.07) is 9.56. The van der Waals surface area contributed by atoms with Gasteiger partial charge in [0.15, 0.2) is 0 Å². The summed E-state index contributed by atoms with van der Waals surface area (Å²) < 4.78 is 16.7. The van der Waals surface area contributed by atoms with Crippen LogP contribution in [0.3, 0.4) is 0 Å². The second kappa shape index (κ2) is 7.28. The lowest BCUT2D eigenvalue weighted by Crippen LogP contribution is -2.46. The van der Waals surface area contributed by atoms with Crippen LogP contribution in [0.2, 0.25) is 0 Å². The Morgan fingerprint density at radius 2 is 1.97 bits per heavy atom.